The molecule has 0 spiro atoms. The van der Waals surface area contributed by atoms with Gasteiger partial charge in [-0.2, -0.15) is 8.78 Å². The molecule has 0 amide bonds. The average Bonchev–Trinajstić information content (AvgIpc) is 2.04. The van der Waals surface area contributed by atoms with Gasteiger partial charge in [-0.25, -0.2) is 4.79 Å². The number of ether oxygens (including phenoxy) is 1. The molecular weight excluding hydrogens is 166 g/mol. The number of carbonyl (C=O) groups is 1. The van der Waals surface area contributed by atoms with Crippen molar-refractivity contribution in [3.8, 4) is 0 Å². The molecule has 12 heavy (non-hydrogen) atoms. The monoisotopic (exact) mass is 176 g/mol. The normalized spacial score (nSPS) is 12.5. The smallest absolute Gasteiger partial charge is 0.330 e. The number of halogens is 2. The van der Waals surface area contributed by atoms with E-state index in [0.717, 1.165) is 20.1 Å². The Morgan fingerprint density at radius 1 is 1.58 bits per heavy atom. The molecular formula is C8H10F2O2. The fraction of sp³-hybridized carbons (Fsp3) is 0.375. The Morgan fingerprint density at radius 2 is 2.08 bits per heavy atom. The van der Waals surface area contributed by atoms with Crippen LogP contribution >= 0.6 is 0 Å². The Kier molecular flexibility index (Phi) is 3.60. The number of hydrogen-bond donors (Lipinski definition) is 0. The van der Waals surface area contributed by atoms with E-state index >= 15 is 0 Å². The lowest BCUT2D eigenvalue weighted by Gasteiger charge is -2.10. The number of carbonyl (C=O) groups excluding carboxylic acids is 1. The summed E-state index contributed by atoms with van der Waals surface area (Å²) in [6, 6.07) is 0. The number of esters is 1. The van der Waals surface area contributed by atoms with E-state index in [-0.39, 0.29) is 5.57 Å². The number of alkyl halides is 2. The molecule has 0 rings (SSSR count). The molecule has 0 N–H and O–H groups in total. The third-order valence-corrected chi connectivity index (χ3v) is 1.32. The van der Waals surface area contributed by atoms with E-state index in [1.165, 1.54) is 0 Å². The van der Waals surface area contributed by atoms with Crippen LogP contribution in [0.5, 0.6) is 0 Å². The van der Waals surface area contributed by atoms with E-state index < -0.39 is 11.9 Å². The third-order valence-electron chi connectivity index (χ3n) is 1.32. The second-order valence-corrected chi connectivity index (χ2v) is 2.18. The second kappa shape index (κ2) is 3.99. The molecule has 2 nitrogen and oxygen atoms in total. The summed E-state index contributed by atoms with van der Waals surface area (Å²) in [5.41, 5.74) is -0.385. The summed E-state index contributed by atoms with van der Waals surface area (Å²) in [5, 5.41) is 0. The lowest BCUT2D eigenvalue weighted by atomic mass is 10.1. The van der Waals surface area contributed by atoms with E-state index in [1.54, 1.807) is 0 Å². The maximum absolute atomic E-state index is 12.6. The van der Waals surface area contributed by atoms with E-state index in [4.69, 9.17) is 0 Å². The van der Waals surface area contributed by atoms with Crippen molar-refractivity contribution >= 4 is 5.97 Å². The number of methoxy groups -OCH3 is 1. The van der Waals surface area contributed by atoms with Gasteiger partial charge in [-0.15, -0.1) is 0 Å². The van der Waals surface area contributed by atoms with Gasteiger partial charge in [0.05, 0.1) is 7.11 Å². The fourth-order valence-electron chi connectivity index (χ4n) is 0.493. The van der Waals surface area contributed by atoms with Gasteiger partial charge in [0, 0.05) is 11.6 Å². The molecule has 0 aromatic carbocycles. The van der Waals surface area contributed by atoms with Gasteiger partial charge >= 0.3 is 5.97 Å². The lowest BCUT2D eigenvalue weighted by molar-refractivity contribution is -0.135. The Labute approximate surface area is 69.5 Å². The SMILES string of the molecule is C=CC(F)(F)/C(C)=C\C(=O)OC. The van der Waals surface area contributed by atoms with Crippen LogP contribution in [0.2, 0.25) is 0 Å². The van der Waals surface area contributed by atoms with Gasteiger partial charge in [0.25, 0.3) is 5.92 Å². The molecule has 0 fully saturated rings. The molecule has 0 aliphatic rings. The van der Waals surface area contributed by atoms with Gasteiger partial charge in [-0.1, -0.05) is 6.58 Å². The van der Waals surface area contributed by atoms with Crippen LogP contribution in [0, 0.1) is 0 Å². The summed E-state index contributed by atoms with van der Waals surface area (Å²) in [5.74, 6) is -3.94. The quantitative estimate of drug-likeness (QED) is 0.373. The Hall–Kier alpha value is -1.19. The maximum Gasteiger partial charge on any atom is 0.330 e. The van der Waals surface area contributed by atoms with Gasteiger partial charge < -0.3 is 4.74 Å². The van der Waals surface area contributed by atoms with Crippen LogP contribution in [0.4, 0.5) is 8.78 Å². The summed E-state index contributed by atoms with van der Waals surface area (Å²) in [4.78, 5) is 10.5. The molecule has 0 aromatic rings. The molecule has 0 radical (unpaired) electrons. The first-order valence-corrected chi connectivity index (χ1v) is 3.22. The maximum atomic E-state index is 12.6. The van der Waals surface area contributed by atoms with Crippen LogP contribution in [-0.4, -0.2) is 19.0 Å². The molecule has 4 heteroatoms. The van der Waals surface area contributed by atoms with Gasteiger partial charge in [-0.05, 0) is 13.0 Å². The Bertz CT molecular complexity index is 219. The van der Waals surface area contributed by atoms with E-state index in [1.807, 2.05) is 0 Å². The molecule has 0 atom stereocenters. The number of hydrogen-bond acceptors (Lipinski definition) is 2. The van der Waals surface area contributed by atoms with Crippen LogP contribution in [0.15, 0.2) is 24.3 Å². The molecule has 0 saturated carbocycles. The van der Waals surface area contributed by atoms with E-state index in [0.29, 0.717) is 6.08 Å². The first-order valence-electron chi connectivity index (χ1n) is 3.22. The highest BCUT2D eigenvalue weighted by atomic mass is 19.3. The van der Waals surface area contributed by atoms with Gasteiger partial charge in [0.15, 0.2) is 0 Å². The Morgan fingerprint density at radius 3 is 2.42 bits per heavy atom. The average molecular weight is 176 g/mol. The topological polar surface area (TPSA) is 26.3 Å². The van der Waals surface area contributed by atoms with Crippen molar-refractivity contribution in [3.05, 3.63) is 24.3 Å². The molecule has 0 unspecified atom stereocenters. The number of rotatable bonds is 3. The highest BCUT2D eigenvalue weighted by Gasteiger charge is 2.27. The molecule has 0 heterocycles. The summed E-state index contributed by atoms with van der Waals surface area (Å²) >= 11 is 0. The second-order valence-electron chi connectivity index (χ2n) is 2.18. The Balaban J connectivity index is 4.57. The largest absolute Gasteiger partial charge is 0.466 e. The van der Waals surface area contributed by atoms with Crippen molar-refractivity contribution in [2.45, 2.75) is 12.8 Å². The molecule has 0 saturated heterocycles. The van der Waals surface area contributed by atoms with E-state index in [2.05, 4.69) is 11.3 Å². The first kappa shape index (κ1) is 10.8. The molecule has 0 bridgehead atoms. The van der Waals surface area contributed by atoms with Crippen LogP contribution < -0.4 is 0 Å². The summed E-state index contributed by atoms with van der Waals surface area (Å²) < 4.78 is 29.5. The summed E-state index contributed by atoms with van der Waals surface area (Å²) in [6.45, 7) is 4.08. The van der Waals surface area contributed by atoms with Gasteiger partial charge in [0.2, 0.25) is 0 Å². The van der Waals surface area contributed by atoms with Gasteiger partial charge in [-0.3, -0.25) is 0 Å². The minimum absolute atomic E-state index is 0.385. The standard InChI is InChI=1S/C8H10F2O2/c1-4-8(9,10)6(2)5-7(11)12-3/h4-5H,1H2,2-3H3/b6-5-. The predicted octanol–water partition coefficient (Wildman–Crippen LogP) is 1.93. The highest BCUT2D eigenvalue weighted by Crippen LogP contribution is 2.24. The van der Waals surface area contributed by atoms with Crippen LogP contribution in [-0.2, 0) is 9.53 Å². The van der Waals surface area contributed by atoms with Crippen molar-refractivity contribution < 1.29 is 18.3 Å². The van der Waals surface area contributed by atoms with E-state index in [9.17, 15) is 13.6 Å². The first-order chi connectivity index (χ1) is 5.44. The third kappa shape index (κ3) is 2.82. The minimum atomic E-state index is -3.14. The van der Waals surface area contributed by atoms with Crippen LogP contribution in [0.25, 0.3) is 0 Å². The highest BCUT2D eigenvalue weighted by molar-refractivity contribution is 5.82. The van der Waals surface area contributed by atoms with Crippen molar-refractivity contribution in [1.29, 1.82) is 0 Å². The van der Waals surface area contributed by atoms with Crippen molar-refractivity contribution in [2.24, 2.45) is 0 Å². The van der Waals surface area contributed by atoms with Crippen molar-refractivity contribution in [2.75, 3.05) is 7.11 Å². The lowest BCUT2D eigenvalue weighted by Crippen LogP contribution is -2.14. The number of allylic oxidation sites excluding steroid dienone is 2. The molecule has 0 aliphatic heterocycles. The molecule has 68 valence electrons. The fourth-order valence-corrected chi connectivity index (χ4v) is 0.493. The zero-order chi connectivity index (χ0) is 9.78. The summed E-state index contributed by atoms with van der Waals surface area (Å²) in [7, 11) is 1.12. The van der Waals surface area contributed by atoms with Crippen LogP contribution in [0.1, 0.15) is 6.92 Å². The van der Waals surface area contributed by atoms with Crippen molar-refractivity contribution in [3.63, 3.8) is 0 Å². The molecule has 0 aliphatic carbocycles. The zero-order valence-electron chi connectivity index (χ0n) is 6.93. The minimum Gasteiger partial charge on any atom is -0.466 e. The van der Waals surface area contributed by atoms with Gasteiger partial charge in [0.1, 0.15) is 0 Å². The molecule has 0 aromatic heterocycles. The van der Waals surface area contributed by atoms with Crippen molar-refractivity contribution in [1.82, 2.24) is 0 Å². The predicted molar refractivity (Wildman–Crippen MR) is 40.9 cm³/mol. The summed E-state index contributed by atoms with van der Waals surface area (Å²) in [6.07, 6.45) is 1.21. The zero-order valence-corrected chi connectivity index (χ0v) is 6.93. The van der Waals surface area contributed by atoms with Crippen LogP contribution in [0.3, 0.4) is 0 Å².